The maximum absolute atomic E-state index is 5.93. The van der Waals surface area contributed by atoms with E-state index in [2.05, 4.69) is 48.7 Å². The molecule has 144 valence electrons. The summed E-state index contributed by atoms with van der Waals surface area (Å²) in [5.41, 5.74) is 7.48. The fourth-order valence-electron chi connectivity index (χ4n) is 3.94. The van der Waals surface area contributed by atoms with Gasteiger partial charge in [0.1, 0.15) is 11.3 Å². The van der Waals surface area contributed by atoms with Crippen LogP contribution in [0.15, 0.2) is 66.7 Å². The molecule has 4 nitrogen and oxygen atoms in total. The lowest BCUT2D eigenvalue weighted by Gasteiger charge is -2.10. The highest BCUT2D eigenvalue weighted by atomic mass is 16.5. The Morgan fingerprint density at radius 3 is 2.38 bits per heavy atom. The summed E-state index contributed by atoms with van der Waals surface area (Å²) in [5, 5.41) is 1.16. The van der Waals surface area contributed by atoms with Crippen LogP contribution in [0.25, 0.3) is 33.1 Å². The molecule has 0 aliphatic rings. The van der Waals surface area contributed by atoms with Crippen LogP contribution >= 0.6 is 0 Å². The molecule has 29 heavy (non-hydrogen) atoms. The standard InChI is InChI=1S/C25H23N3O/c1-17-11-13-19(14-12-17)29-16-6-15-28-24-18(2)7-5-8-20(24)23-25(28)27-22-10-4-3-9-21(22)26-23/h3-5,7-14H,6,15-16H2,1-2H3. The molecule has 3 aromatic carbocycles. The molecular weight excluding hydrogens is 358 g/mol. The number of nitrogens with zero attached hydrogens (tertiary/aromatic N) is 3. The van der Waals surface area contributed by atoms with Crippen LogP contribution in [-0.2, 0) is 6.54 Å². The Hall–Kier alpha value is -3.40. The van der Waals surface area contributed by atoms with Gasteiger partial charge in [0.25, 0.3) is 0 Å². The minimum atomic E-state index is 0.664. The molecule has 4 heteroatoms. The summed E-state index contributed by atoms with van der Waals surface area (Å²) in [7, 11) is 0. The Kier molecular flexibility index (Phi) is 4.39. The molecule has 0 aliphatic carbocycles. The Morgan fingerprint density at radius 1 is 0.828 bits per heavy atom. The third-order valence-corrected chi connectivity index (χ3v) is 5.39. The largest absolute Gasteiger partial charge is 0.494 e. The highest BCUT2D eigenvalue weighted by molar-refractivity contribution is 6.07. The van der Waals surface area contributed by atoms with Crippen molar-refractivity contribution in [2.75, 3.05) is 6.61 Å². The number of hydrogen-bond acceptors (Lipinski definition) is 3. The summed E-state index contributed by atoms with van der Waals surface area (Å²) in [6.07, 6.45) is 0.898. The molecule has 0 atom stereocenters. The summed E-state index contributed by atoms with van der Waals surface area (Å²) in [5.74, 6) is 0.916. The number of aryl methyl sites for hydroxylation is 3. The molecule has 0 fully saturated rings. The molecule has 0 amide bonds. The second-order valence-corrected chi connectivity index (χ2v) is 7.52. The third-order valence-electron chi connectivity index (χ3n) is 5.39. The topological polar surface area (TPSA) is 39.9 Å². The van der Waals surface area contributed by atoms with E-state index in [-0.39, 0.29) is 0 Å². The number of hydrogen-bond donors (Lipinski definition) is 0. The van der Waals surface area contributed by atoms with Gasteiger partial charge in [-0.1, -0.05) is 48.0 Å². The molecule has 0 unspecified atom stereocenters. The van der Waals surface area contributed by atoms with Crippen molar-refractivity contribution in [3.8, 4) is 5.75 Å². The second-order valence-electron chi connectivity index (χ2n) is 7.52. The highest BCUT2D eigenvalue weighted by Gasteiger charge is 2.15. The van der Waals surface area contributed by atoms with Crippen molar-refractivity contribution < 1.29 is 4.74 Å². The Labute approximate surface area is 169 Å². The Bertz CT molecular complexity index is 1320. The Balaban J connectivity index is 1.50. The van der Waals surface area contributed by atoms with E-state index in [0.29, 0.717) is 6.61 Å². The molecule has 0 saturated heterocycles. The Morgan fingerprint density at radius 2 is 1.59 bits per heavy atom. The van der Waals surface area contributed by atoms with Gasteiger partial charge in [-0.3, -0.25) is 0 Å². The maximum atomic E-state index is 5.93. The number of rotatable bonds is 5. The van der Waals surface area contributed by atoms with Gasteiger partial charge in [-0.05, 0) is 50.1 Å². The number of aromatic nitrogens is 3. The SMILES string of the molecule is Cc1ccc(OCCCn2c3nc4ccccc4nc3c3cccc(C)c32)cc1. The smallest absolute Gasteiger partial charge is 0.160 e. The van der Waals surface area contributed by atoms with Gasteiger partial charge in [0.05, 0.1) is 23.2 Å². The number of ether oxygens (including phenoxy) is 1. The van der Waals surface area contributed by atoms with Gasteiger partial charge in [0.15, 0.2) is 5.65 Å². The van der Waals surface area contributed by atoms with Crippen LogP contribution in [0.3, 0.4) is 0 Å². The summed E-state index contributed by atoms with van der Waals surface area (Å²) in [4.78, 5) is 9.90. The van der Waals surface area contributed by atoms with Crippen LogP contribution in [0.1, 0.15) is 17.5 Å². The molecule has 0 aliphatic heterocycles. The average Bonchev–Trinajstić information content (AvgIpc) is 3.05. The van der Waals surface area contributed by atoms with Crippen molar-refractivity contribution >= 4 is 33.1 Å². The summed E-state index contributed by atoms with van der Waals surface area (Å²) >= 11 is 0. The minimum Gasteiger partial charge on any atom is -0.494 e. The fourth-order valence-corrected chi connectivity index (χ4v) is 3.94. The molecule has 2 heterocycles. The van der Waals surface area contributed by atoms with Crippen molar-refractivity contribution in [1.29, 1.82) is 0 Å². The van der Waals surface area contributed by atoms with E-state index in [1.54, 1.807) is 0 Å². The minimum absolute atomic E-state index is 0.664. The van der Waals surface area contributed by atoms with Gasteiger partial charge in [-0.15, -0.1) is 0 Å². The second kappa shape index (κ2) is 7.21. The van der Waals surface area contributed by atoms with Crippen molar-refractivity contribution in [3.05, 3.63) is 77.9 Å². The van der Waals surface area contributed by atoms with E-state index < -0.39 is 0 Å². The van der Waals surface area contributed by atoms with Crippen molar-refractivity contribution in [2.24, 2.45) is 0 Å². The zero-order valence-corrected chi connectivity index (χ0v) is 16.7. The van der Waals surface area contributed by atoms with Gasteiger partial charge >= 0.3 is 0 Å². The lowest BCUT2D eigenvalue weighted by molar-refractivity contribution is 0.303. The van der Waals surface area contributed by atoms with E-state index in [4.69, 9.17) is 14.7 Å². The van der Waals surface area contributed by atoms with Crippen LogP contribution < -0.4 is 4.74 Å². The van der Waals surface area contributed by atoms with E-state index in [0.717, 1.165) is 46.3 Å². The summed E-state index contributed by atoms with van der Waals surface area (Å²) in [6.45, 7) is 5.74. The number of para-hydroxylation sites is 3. The van der Waals surface area contributed by atoms with Crippen molar-refractivity contribution in [3.63, 3.8) is 0 Å². The monoisotopic (exact) mass is 381 g/mol. The third kappa shape index (κ3) is 3.21. The molecule has 0 spiro atoms. The fraction of sp³-hybridized carbons (Fsp3) is 0.200. The van der Waals surface area contributed by atoms with Crippen LogP contribution in [0.5, 0.6) is 5.75 Å². The first kappa shape index (κ1) is 17.7. The molecule has 0 N–H and O–H groups in total. The van der Waals surface area contributed by atoms with Crippen molar-refractivity contribution in [2.45, 2.75) is 26.8 Å². The van der Waals surface area contributed by atoms with Gasteiger partial charge in [-0.2, -0.15) is 0 Å². The molecule has 0 saturated carbocycles. The van der Waals surface area contributed by atoms with E-state index >= 15 is 0 Å². The molecule has 0 radical (unpaired) electrons. The van der Waals surface area contributed by atoms with Gasteiger partial charge < -0.3 is 9.30 Å². The molecular formula is C25H23N3O. The predicted molar refractivity (Wildman–Crippen MR) is 119 cm³/mol. The average molecular weight is 381 g/mol. The van der Waals surface area contributed by atoms with Crippen LogP contribution in [0, 0.1) is 13.8 Å². The lowest BCUT2D eigenvalue weighted by Crippen LogP contribution is -2.06. The molecule has 5 rings (SSSR count). The number of benzene rings is 3. The molecule has 2 aromatic heterocycles. The molecule has 0 bridgehead atoms. The summed E-state index contributed by atoms with van der Waals surface area (Å²) in [6, 6.07) is 22.7. The number of fused-ring (bicyclic) bond motifs is 4. The maximum Gasteiger partial charge on any atom is 0.160 e. The first-order chi connectivity index (χ1) is 14.2. The van der Waals surface area contributed by atoms with E-state index in [1.807, 2.05) is 36.4 Å². The quantitative estimate of drug-likeness (QED) is 0.360. The van der Waals surface area contributed by atoms with Gasteiger partial charge in [0, 0.05) is 11.9 Å². The van der Waals surface area contributed by atoms with Crippen LogP contribution in [-0.4, -0.2) is 21.1 Å². The summed E-state index contributed by atoms with van der Waals surface area (Å²) < 4.78 is 8.24. The molecule has 5 aromatic rings. The van der Waals surface area contributed by atoms with Gasteiger partial charge in [-0.25, -0.2) is 9.97 Å². The zero-order valence-electron chi connectivity index (χ0n) is 16.7. The van der Waals surface area contributed by atoms with Gasteiger partial charge in [0.2, 0.25) is 0 Å². The first-order valence-electron chi connectivity index (χ1n) is 10.0. The first-order valence-corrected chi connectivity index (χ1v) is 10.0. The predicted octanol–water partition coefficient (Wildman–Crippen LogP) is 5.82. The zero-order chi connectivity index (χ0) is 19.8. The van der Waals surface area contributed by atoms with Crippen molar-refractivity contribution in [1.82, 2.24) is 14.5 Å². The normalized spacial score (nSPS) is 11.5. The van der Waals surface area contributed by atoms with E-state index in [9.17, 15) is 0 Å². The van der Waals surface area contributed by atoms with Crippen LogP contribution in [0.4, 0.5) is 0 Å². The lowest BCUT2D eigenvalue weighted by atomic mass is 10.1. The highest BCUT2D eigenvalue weighted by Crippen LogP contribution is 2.30. The van der Waals surface area contributed by atoms with E-state index in [1.165, 1.54) is 16.6 Å². The van der Waals surface area contributed by atoms with Crippen LogP contribution in [0.2, 0.25) is 0 Å².